The van der Waals surface area contributed by atoms with Gasteiger partial charge in [-0.25, -0.2) is 0 Å². The van der Waals surface area contributed by atoms with Gasteiger partial charge in [-0.15, -0.1) is 13.2 Å². The van der Waals surface area contributed by atoms with Crippen LogP contribution in [0.4, 0.5) is 0 Å². The van der Waals surface area contributed by atoms with Gasteiger partial charge < -0.3 is 0 Å². The quantitative estimate of drug-likeness (QED) is 0.510. The lowest BCUT2D eigenvalue weighted by atomic mass is 10.0. The molecule has 0 atom stereocenters. The Hall–Kier alpha value is -1.63. The fraction of sp³-hybridized carbons (Fsp3) is 0.154. The minimum atomic E-state index is 0.723. The van der Waals surface area contributed by atoms with E-state index in [-0.39, 0.29) is 0 Å². The van der Waals surface area contributed by atoms with Crippen LogP contribution in [0.25, 0.3) is 0 Å². The Labute approximate surface area is 84.8 Å². The topological polar surface area (TPSA) is 17.1 Å². The Kier molecular flexibility index (Phi) is 3.86. The Morgan fingerprint density at radius 1 is 1.00 bits per heavy atom. The lowest BCUT2D eigenvalue weighted by molar-refractivity contribution is 0.112. The fourth-order valence-electron chi connectivity index (χ4n) is 1.43. The first kappa shape index (κ1) is 10.5. The van der Waals surface area contributed by atoms with E-state index in [0.717, 1.165) is 35.8 Å². The summed E-state index contributed by atoms with van der Waals surface area (Å²) in [6.45, 7) is 7.36. The molecule has 1 rings (SSSR count). The van der Waals surface area contributed by atoms with Crippen molar-refractivity contribution in [2.24, 2.45) is 0 Å². The lowest BCUT2D eigenvalue weighted by Crippen LogP contribution is -1.91. The number of aldehydes is 1. The molecule has 1 nitrogen and oxygen atoms in total. The Morgan fingerprint density at radius 2 is 1.50 bits per heavy atom. The second kappa shape index (κ2) is 5.18. The zero-order chi connectivity index (χ0) is 10.4. The summed E-state index contributed by atoms with van der Waals surface area (Å²) in [6, 6.07) is 5.86. The van der Waals surface area contributed by atoms with Crippen LogP contribution in [-0.2, 0) is 12.8 Å². The van der Waals surface area contributed by atoms with Crippen LogP contribution in [0.5, 0.6) is 0 Å². The highest BCUT2D eigenvalue weighted by Gasteiger charge is 1.98. The van der Waals surface area contributed by atoms with Crippen molar-refractivity contribution >= 4 is 6.29 Å². The molecule has 0 saturated carbocycles. The van der Waals surface area contributed by atoms with Gasteiger partial charge in [-0.3, -0.25) is 4.79 Å². The highest BCUT2D eigenvalue weighted by molar-refractivity contribution is 5.75. The van der Waals surface area contributed by atoms with Crippen LogP contribution in [0.3, 0.4) is 0 Å². The minimum Gasteiger partial charge on any atom is -0.298 e. The Bertz CT molecular complexity index is 322. The van der Waals surface area contributed by atoms with Crippen molar-refractivity contribution in [1.82, 2.24) is 0 Å². The predicted molar refractivity (Wildman–Crippen MR) is 59.6 cm³/mol. The van der Waals surface area contributed by atoms with E-state index in [1.165, 1.54) is 0 Å². The average Bonchev–Trinajstić information content (AvgIpc) is 2.18. The van der Waals surface area contributed by atoms with Crippen LogP contribution in [0.1, 0.15) is 21.5 Å². The van der Waals surface area contributed by atoms with Crippen LogP contribution in [-0.4, -0.2) is 6.29 Å². The molecule has 0 spiro atoms. The van der Waals surface area contributed by atoms with Crippen molar-refractivity contribution in [2.45, 2.75) is 12.8 Å². The first-order chi connectivity index (χ1) is 6.80. The SMILES string of the molecule is C=CCc1cc(C=O)cc(CC=C)c1. The summed E-state index contributed by atoms with van der Waals surface area (Å²) in [7, 11) is 0. The number of carbonyl (C=O) groups excluding carboxylic acids is 1. The number of rotatable bonds is 5. The normalized spacial score (nSPS) is 9.43. The molecule has 0 bridgehead atoms. The maximum atomic E-state index is 10.7. The molecule has 0 unspecified atom stereocenters. The van der Waals surface area contributed by atoms with E-state index in [1.807, 2.05) is 24.3 Å². The van der Waals surface area contributed by atoms with Crippen LogP contribution in [0, 0.1) is 0 Å². The van der Waals surface area contributed by atoms with Gasteiger partial charge in [0.2, 0.25) is 0 Å². The smallest absolute Gasteiger partial charge is 0.150 e. The van der Waals surface area contributed by atoms with Crippen LogP contribution < -0.4 is 0 Å². The van der Waals surface area contributed by atoms with Crippen molar-refractivity contribution < 1.29 is 4.79 Å². The summed E-state index contributed by atoms with van der Waals surface area (Å²) in [5, 5.41) is 0. The van der Waals surface area contributed by atoms with Crippen molar-refractivity contribution in [1.29, 1.82) is 0 Å². The third kappa shape index (κ3) is 2.70. The monoisotopic (exact) mass is 186 g/mol. The first-order valence-electron chi connectivity index (χ1n) is 4.60. The van der Waals surface area contributed by atoms with Gasteiger partial charge in [0.15, 0.2) is 0 Å². The van der Waals surface area contributed by atoms with E-state index >= 15 is 0 Å². The van der Waals surface area contributed by atoms with E-state index in [2.05, 4.69) is 19.2 Å². The van der Waals surface area contributed by atoms with E-state index in [1.54, 1.807) is 0 Å². The molecule has 0 aromatic heterocycles. The maximum Gasteiger partial charge on any atom is 0.150 e. The molecule has 0 aliphatic carbocycles. The summed E-state index contributed by atoms with van der Waals surface area (Å²) in [6.07, 6.45) is 6.14. The summed E-state index contributed by atoms with van der Waals surface area (Å²) in [4.78, 5) is 10.7. The zero-order valence-electron chi connectivity index (χ0n) is 8.20. The van der Waals surface area contributed by atoms with Gasteiger partial charge in [0.1, 0.15) is 6.29 Å². The standard InChI is InChI=1S/C13H14O/c1-3-5-11-7-12(6-4-2)9-13(8-11)10-14/h3-4,7-10H,1-2,5-6H2. The third-order valence-corrected chi connectivity index (χ3v) is 1.97. The second-order valence-electron chi connectivity index (χ2n) is 3.19. The largest absolute Gasteiger partial charge is 0.298 e. The van der Waals surface area contributed by atoms with Crippen LogP contribution in [0.2, 0.25) is 0 Å². The number of carbonyl (C=O) groups is 1. The van der Waals surface area contributed by atoms with Gasteiger partial charge in [0, 0.05) is 5.56 Å². The molecule has 0 radical (unpaired) electrons. The second-order valence-corrected chi connectivity index (χ2v) is 3.19. The zero-order valence-corrected chi connectivity index (χ0v) is 8.20. The van der Waals surface area contributed by atoms with E-state index < -0.39 is 0 Å². The summed E-state index contributed by atoms with van der Waals surface area (Å²) < 4.78 is 0. The van der Waals surface area contributed by atoms with Crippen molar-refractivity contribution in [3.8, 4) is 0 Å². The molecule has 0 aliphatic rings. The number of benzene rings is 1. The highest BCUT2D eigenvalue weighted by Crippen LogP contribution is 2.11. The molecular weight excluding hydrogens is 172 g/mol. The molecule has 1 aromatic carbocycles. The van der Waals surface area contributed by atoms with Gasteiger partial charge in [0.05, 0.1) is 0 Å². The fourth-order valence-corrected chi connectivity index (χ4v) is 1.43. The van der Waals surface area contributed by atoms with Crippen molar-refractivity contribution in [3.05, 3.63) is 60.2 Å². The summed E-state index contributed by atoms with van der Waals surface area (Å²) >= 11 is 0. The average molecular weight is 186 g/mol. The van der Waals surface area contributed by atoms with Gasteiger partial charge in [-0.05, 0) is 36.1 Å². The van der Waals surface area contributed by atoms with Gasteiger partial charge in [0.25, 0.3) is 0 Å². The lowest BCUT2D eigenvalue weighted by Gasteiger charge is -2.03. The molecule has 1 aromatic rings. The molecular formula is C13H14O. The van der Waals surface area contributed by atoms with E-state index in [0.29, 0.717) is 0 Å². The van der Waals surface area contributed by atoms with Gasteiger partial charge in [-0.2, -0.15) is 0 Å². The molecule has 0 amide bonds. The first-order valence-corrected chi connectivity index (χ1v) is 4.60. The Morgan fingerprint density at radius 3 is 1.86 bits per heavy atom. The summed E-state index contributed by atoms with van der Waals surface area (Å²) in [5.41, 5.74) is 2.98. The van der Waals surface area contributed by atoms with Crippen molar-refractivity contribution in [3.63, 3.8) is 0 Å². The van der Waals surface area contributed by atoms with Crippen molar-refractivity contribution in [2.75, 3.05) is 0 Å². The minimum absolute atomic E-state index is 0.723. The van der Waals surface area contributed by atoms with E-state index in [4.69, 9.17) is 0 Å². The van der Waals surface area contributed by atoms with E-state index in [9.17, 15) is 4.79 Å². The summed E-state index contributed by atoms with van der Waals surface area (Å²) in [5.74, 6) is 0. The van der Waals surface area contributed by atoms with Gasteiger partial charge >= 0.3 is 0 Å². The van der Waals surface area contributed by atoms with Crippen LogP contribution >= 0.6 is 0 Å². The number of hydrogen-bond acceptors (Lipinski definition) is 1. The molecule has 0 heterocycles. The van der Waals surface area contributed by atoms with Gasteiger partial charge in [-0.1, -0.05) is 18.2 Å². The highest BCUT2D eigenvalue weighted by atomic mass is 16.1. The maximum absolute atomic E-state index is 10.7. The predicted octanol–water partition coefficient (Wildman–Crippen LogP) is 2.96. The molecule has 0 aliphatic heterocycles. The molecule has 0 N–H and O–H groups in total. The molecule has 72 valence electrons. The molecule has 0 fully saturated rings. The Balaban J connectivity index is 3.05. The number of allylic oxidation sites excluding steroid dienone is 2. The molecule has 1 heteroatoms. The molecule has 14 heavy (non-hydrogen) atoms. The molecule has 0 saturated heterocycles. The van der Waals surface area contributed by atoms with Crippen LogP contribution in [0.15, 0.2) is 43.5 Å². The third-order valence-electron chi connectivity index (χ3n) is 1.97. The number of hydrogen-bond donors (Lipinski definition) is 0.